The highest BCUT2D eigenvalue weighted by molar-refractivity contribution is 7.98. The molecule has 3 aromatic rings. The Kier molecular flexibility index (Phi) is 3.07. The van der Waals surface area contributed by atoms with Crippen LogP contribution in [-0.2, 0) is 5.75 Å². The smallest absolute Gasteiger partial charge is 0.117 e. The van der Waals surface area contributed by atoms with Gasteiger partial charge in [0.1, 0.15) is 5.82 Å². The van der Waals surface area contributed by atoms with Crippen molar-refractivity contribution in [3.05, 3.63) is 59.9 Å². The first-order valence-corrected chi connectivity index (χ1v) is 6.93. The number of fused-ring (bicyclic) bond motifs is 1. The Hall–Kier alpha value is -1.74. The summed E-state index contributed by atoms with van der Waals surface area (Å²) in [5.74, 6) is 1.91. The van der Waals surface area contributed by atoms with Crippen LogP contribution in [0, 0.1) is 6.92 Å². The minimum Gasteiger partial charge on any atom is -0.341 e. The lowest BCUT2D eigenvalue weighted by molar-refractivity contribution is 1.14. The molecule has 0 unspecified atom stereocenters. The molecule has 90 valence electrons. The van der Waals surface area contributed by atoms with Crippen LogP contribution in [0.4, 0.5) is 0 Å². The molecule has 0 fully saturated rings. The summed E-state index contributed by atoms with van der Waals surface area (Å²) in [6, 6.07) is 16.6. The molecule has 2 aromatic carbocycles. The SMILES string of the molecule is Cc1cccc2[nH]c(CSc3ccccc3)nc12. The van der Waals surface area contributed by atoms with E-state index in [9.17, 15) is 0 Å². The van der Waals surface area contributed by atoms with Gasteiger partial charge in [-0.15, -0.1) is 11.8 Å². The van der Waals surface area contributed by atoms with Crippen molar-refractivity contribution in [2.45, 2.75) is 17.6 Å². The second-order valence-electron chi connectivity index (χ2n) is 4.26. The van der Waals surface area contributed by atoms with Gasteiger partial charge >= 0.3 is 0 Å². The summed E-state index contributed by atoms with van der Waals surface area (Å²) in [6.07, 6.45) is 0. The third-order valence-corrected chi connectivity index (χ3v) is 3.91. The molecule has 0 spiro atoms. The number of imidazole rings is 1. The van der Waals surface area contributed by atoms with Crippen molar-refractivity contribution in [1.82, 2.24) is 9.97 Å². The Morgan fingerprint density at radius 2 is 1.89 bits per heavy atom. The number of aryl methyl sites for hydroxylation is 1. The van der Waals surface area contributed by atoms with Crippen molar-refractivity contribution < 1.29 is 0 Å². The molecule has 0 radical (unpaired) electrons. The lowest BCUT2D eigenvalue weighted by atomic mass is 10.2. The molecular weight excluding hydrogens is 240 g/mol. The summed E-state index contributed by atoms with van der Waals surface area (Å²) in [5, 5.41) is 0. The van der Waals surface area contributed by atoms with Gasteiger partial charge in [0, 0.05) is 4.90 Å². The molecule has 0 amide bonds. The zero-order chi connectivity index (χ0) is 12.4. The molecule has 1 N–H and O–H groups in total. The van der Waals surface area contributed by atoms with Gasteiger partial charge in [-0.05, 0) is 30.7 Å². The Labute approximate surface area is 110 Å². The van der Waals surface area contributed by atoms with Crippen molar-refractivity contribution in [3.63, 3.8) is 0 Å². The molecule has 0 saturated heterocycles. The Morgan fingerprint density at radius 1 is 1.06 bits per heavy atom. The summed E-state index contributed by atoms with van der Waals surface area (Å²) in [6.45, 7) is 2.09. The van der Waals surface area contributed by atoms with Crippen LogP contribution >= 0.6 is 11.8 Å². The number of para-hydroxylation sites is 1. The molecule has 2 nitrogen and oxygen atoms in total. The molecule has 0 aliphatic rings. The van der Waals surface area contributed by atoms with E-state index in [1.54, 1.807) is 11.8 Å². The number of H-pyrrole nitrogens is 1. The van der Waals surface area contributed by atoms with Crippen molar-refractivity contribution in [3.8, 4) is 0 Å². The van der Waals surface area contributed by atoms with Gasteiger partial charge in [0.05, 0.1) is 16.8 Å². The van der Waals surface area contributed by atoms with Crippen LogP contribution in [0.5, 0.6) is 0 Å². The average Bonchev–Trinajstić information content (AvgIpc) is 2.82. The largest absolute Gasteiger partial charge is 0.341 e. The predicted octanol–water partition coefficient (Wildman–Crippen LogP) is 4.16. The molecule has 3 heteroatoms. The van der Waals surface area contributed by atoms with Gasteiger partial charge in [0.15, 0.2) is 0 Å². The molecule has 3 rings (SSSR count). The van der Waals surface area contributed by atoms with Crippen LogP contribution in [0.25, 0.3) is 11.0 Å². The molecule has 0 saturated carbocycles. The van der Waals surface area contributed by atoms with Crippen LogP contribution in [0.1, 0.15) is 11.4 Å². The quantitative estimate of drug-likeness (QED) is 0.711. The van der Waals surface area contributed by atoms with Gasteiger partial charge < -0.3 is 4.98 Å². The first-order chi connectivity index (χ1) is 8.83. The fraction of sp³-hybridized carbons (Fsp3) is 0.133. The molecule has 18 heavy (non-hydrogen) atoms. The van der Waals surface area contributed by atoms with Crippen molar-refractivity contribution in [2.24, 2.45) is 0 Å². The lowest BCUT2D eigenvalue weighted by Gasteiger charge is -1.97. The third kappa shape index (κ3) is 2.27. The number of hydrogen-bond donors (Lipinski definition) is 1. The van der Waals surface area contributed by atoms with E-state index in [0.29, 0.717) is 0 Å². The molecule has 0 bridgehead atoms. The number of aromatic amines is 1. The molecule has 0 atom stereocenters. The van der Waals surface area contributed by atoms with E-state index in [1.807, 2.05) is 6.07 Å². The first kappa shape index (κ1) is 11.4. The van der Waals surface area contributed by atoms with Gasteiger partial charge in [-0.25, -0.2) is 4.98 Å². The van der Waals surface area contributed by atoms with Crippen molar-refractivity contribution >= 4 is 22.8 Å². The zero-order valence-electron chi connectivity index (χ0n) is 10.2. The average molecular weight is 254 g/mol. The Bertz CT molecular complexity index is 659. The standard InChI is InChI=1S/C15H14N2S/c1-11-6-5-9-13-15(11)17-14(16-13)10-18-12-7-3-2-4-8-12/h2-9H,10H2,1H3,(H,16,17). The van der Waals surface area contributed by atoms with E-state index in [2.05, 4.69) is 59.4 Å². The Morgan fingerprint density at radius 3 is 2.67 bits per heavy atom. The number of rotatable bonds is 3. The number of nitrogens with zero attached hydrogens (tertiary/aromatic N) is 1. The van der Waals surface area contributed by atoms with Crippen LogP contribution < -0.4 is 0 Å². The van der Waals surface area contributed by atoms with E-state index in [0.717, 1.165) is 22.6 Å². The number of hydrogen-bond acceptors (Lipinski definition) is 2. The van der Waals surface area contributed by atoms with Crippen LogP contribution in [0.15, 0.2) is 53.4 Å². The number of thioether (sulfide) groups is 1. The third-order valence-electron chi connectivity index (χ3n) is 2.88. The van der Waals surface area contributed by atoms with E-state index < -0.39 is 0 Å². The monoisotopic (exact) mass is 254 g/mol. The molecule has 1 heterocycles. The van der Waals surface area contributed by atoms with Crippen LogP contribution in [0.2, 0.25) is 0 Å². The highest BCUT2D eigenvalue weighted by Gasteiger charge is 2.04. The van der Waals surface area contributed by atoms with E-state index in [-0.39, 0.29) is 0 Å². The highest BCUT2D eigenvalue weighted by atomic mass is 32.2. The van der Waals surface area contributed by atoms with Gasteiger partial charge in [-0.1, -0.05) is 30.3 Å². The fourth-order valence-corrected chi connectivity index (χ4v) is 2.75. The van der Waals surface area contributed by atoms with E-state index in [4.69, 9.17) is 0 Å². The lowest BCUT2D eigenvalue weighted by Crippen LogP contribution is -1.83. The maximum absolute atomic E-state index is 4.65. The normalized spacial score (nSPS) is 10.9. The van der Waals surface area contributed by atoms with Crippen LogP contribution in [0.3, 0.4) is 0 Å². The maximum Gasteiger partial charge on any atom is 0.117 e. The summed E-state index contributed by atoms with van der Waals surface area (Å²) in [4.78, 5) is 9.30. The maximum atomic E-state index is 4.65. The van der Waals surface area contributed by atoms with Gasteiger partial charge in [0.2, 0.25) is 0 Å². The predicted molar refractivity (Wildman–Crippen MR) is 76.8 cm³/mol. The molecule has 1 aromatic heterocycles. The van der Waals surface area contributed by atoms with E-state index in [1.165, 1.54) is 10.5 Å². The summed E-state index contributed by atoms with van der Waals surface area (Å²) in [5.41, 5.74) is 3.43. The van der Waals surface area contributed by atoms with Crippen LogP contribution in [-0.4, -0.2) is 9.97 Å². The van der Waals surface area contributed by atoms with Crippen molar-refractivity contribution in [1.29, 1.82) is 0 Å². The number of aromatic nitrogens is 2. The van der Waals surface area contributed by atoms with Gasteiger partial charge in [-0.3, -0.25) is 0 Å². The Balaban J connectivity index is 1.81. The topological polar surface area (TPSA) is 28.7 Å². The second-order valence-corrected chi connectivity index (χ2v) is 5.31. The molecular formula is C15H14N2S. The number of nitrogens with one attached hydrogen (secondary N) is 1. The zero-order valence-corrected chi connectivity index (χ0v) is 11.0. The molecule has 0 aliphatic carbocycles. The summed E-state index contributed by atoms with van der Waals surface area (Å²) >= 11 is 1.80. The minimum atomic E-state index is 0.873. The highest BCUT2D eigenvalue weighted by Crippen LogP contribution is 2.23. The molecule has 0 aliphatic heterocycles. The summed E-state index contributed by atoms with van der Waals surface area (Å²) < 4.78 is 0. The van der Waals surface area contributed by atoms with Crippen molar-refractivity contribution in [2.75, 3.05) is 0 Å². The first-order valence-electron chi connectivity index (χ1n) is 5.95. The fourth-order valence-electron chi connectivity index (χ4n) is 1.96. The van der Waals surface area contributed by atoms with Gasteiger partial charge in [-0.2, -0.15) is 0 Å². The van der Waals surface area contributed by atoms with E-state index >= 15 is 0 Å². The van der Waals surface area contributed by atoms with Gasteiger partial charge in [0.25, 0.3) is 0 Å². The second kappa shape index (κ2) is 4.86. The number of benzene rings is 2. The minimum absolute atomic E-state index is 0.873. The summed E-state index contributed by atoms with van der Waals surface area (Å²) in [7, 11) is 0.